The maximum atomic E-state index is 13.9. The van der Waals surface area contributed by atoms with Crippen LogP contribution in [0.4, 0.5) is 0 Å². The molecule has 1 aromatic rings. The molecule has 0 saturated carbocycles. The van der Waals surface area contributed by atoms with Crippen molar-refractivity contribution in [1.82, 2.24) is 0 Å². The molecule has 0 fully saturated rings. The van der Waals surface area contributed by atoms with Crippen molar-refractivity contribution in [3.8, 4) is 0 Å². The van der Waals surface area contributed by atoms with E-state index in [1.54, 1.807) is 30.3 Å². The van der Waals surface area contributed by atoms with Crippen molar-refractivity contribution in [1.29, 1.82) is 0 Å². The Kier molecular flexibility index (Phi) is 10.1. The Hall–Kier alpha value is -1.92. The maximum absolute atomic E-state index is 13.9. The van der Waals surface area contributed by atoms with Crippen molar-refractivity contribution < 1.29 is 23.1 Å². The summed E-state index contributed by atoms with van der Waals surface area (Å²) in [5, 5.41) is 10.5. The van der Waals surface area contributed by atoms with Gasteiger partial charge in [-0.25, -0.2) is 8.42 Å². The number of hydrogen-bond donors (Lipinski definition) is 1. The number of allylic oxidation sites excluding steroid dienone is 2. The molecule has 5 nitrogen and oxygen atoms in total. The molecule has 1 N–H and O–H groups in total. The van der Waals surface area contributed by atoms with Crippen molar-refractivity contribution in [2.24, 2.45) is 11.3 Å². The fraction of sp³-hybridized carbons (Fsp3) is 0.607. The van der Waals surface area contributed by atoms with E-state index in [9.17, 15) is 18.3 Å². The van der Waals surface area contributed by atoms with Gasteiger partial charge < -0.3 is 9.84 Å². The van der Waals surface area contributed by atoms with Gasteiger partial charge in [-0.15, -0.1) is 0 Å². The largest absolute Gasteiger partial charge is 0.466 e. The Morgan fingerprint density at radius 1 is 1.18 bits per heavy atom. The average Bonchev–Trinajstić information content (AvgIpc) is 2.75. The van der Waals surface area contributed by atoms with E-state index in [1.807, 2.05) is 19.9 Å². The molecule has 0 spiro atoms. The van der Waals surface area contributed by atoms with Gasteiger partial charge in [0, 0.05) is 6.92 Å². The zero-order chi connectivity index (χ0) is 25.5. The van der Waals surface area contributed by atoms with Gasteiger partial charge in [-0.2, -0.15) is 0 Å². The summed E-state index contributed by atoms with van der Waals surface area (Å²) in [6, 6.07) is 8.48. The number of aliphatic hydroxyl groups excluding tert-OH is 1. The molecule has 2 rings (SSSR count). The summed E-state index contributed by atoms with van der Waals surface area (Å²) >= 11 is 0. The van der Waals surface area contributed by atoms with E-state index in [2.05, 4.69) is 20.8 Å². The molecule has 6 heteroatoms. The molecular weight excluding hydrogens is 448 g/mol. The van der Waals surface area contributed by atoms with Gasteiger partial charge in [0.05, 0.1) is 17.6 Å². The first-order valence-corrected chi connectivity index (χ1v) is 13.9. The lowest BCUT2D eigenvalue weighted by atomic mass is 9.70. The first-order valence-electron chi connectivity index (χ1n) is 12.3. The third kappa shape index (κ3) is 7.29. The number of carbonyl (C=O) groups is 1. The molecule has 0 saturated heterocycles. The SMILES string of the molecule is CC(=O)OCCC(C)CC/C=C(\C)C(O)C(C1=C(C)CCCC1(C)C)S(=O)(=O)c1ccccc1. The number of aliphatic hydroxyl groups is 1. The second-order valence-corrected chi connectivity index (χ2v) is 12.5. The third-order valence-corrected chi connectivity index (χ3v) is 9.12. The summed E-state index contributed by atoms with van der Waals surface area (Å²) in [7, 11) is -3.81. The molecule has 1 aliphatic carbocycles. The highest BCUT2D eigenvalue weighted by Gasteiger charge is 2.44. The van der Waals surface area contributed by atoms with Gasteiger partial charge in [0.25, 0.3) is 0 Å². The minimum atomic E-state index is -3.81. The number of hydrogen-bond acceptors (Lipinski definition) is 5. The van der Waals surface area contributed by atoms with Crippen LogP contribution in [0.15, 0.2) is 58.0 Å². The van der Waals surface area contributed by atoms with E-state index >= 15 is 0 Å². The second-order valence-electron chi connectivity index (χ2n) is 10.4. The van der Waals surface area contributed by atoms with Crippen LogP contribution >= 0.6 is 0 Å². The van der Waals surface area contributed by atoms with Gasteiger partial charge in [-0.3, -0.25) is 4.79 Å². The summed E-state index contributed by atoms with van der Waals surface area (Å²) in [4.78, 5) is 11.2. The zero-order valence-electron chi connectivity index (χ0n) is 21.6. The molecule has 0 amide bonds. The highest BCUT2D eigenvalue weighted by molar-refractivity contribution is 7.92. The number of esters is 1. The van der Waals surface area contributed by atoms with Crippen molar-refractivity contribution in [2.45, 2.75) is 96.3 Å². The van der Waals surface area contributed by atoms with E-state index < -0.39 is 21.2 Å². The lowest BCUT2D eigenvalue weighted by Gasteiger charge is -2.40. The minimum Gasteiger partial charge on any atom is -0.466 e. The predicted octanol–water partition coefficient (Wildman–Crippen LogP) is 6.03. The summed E-state index contributed by atoms with van der Waals surface area (Å²) in [5.74, 6) is 0.0820. The average molecular weight is 491 g/mol. The predicted molar refractivity (Wildman–Crippen MR) is 137 cm³/mol. The second kappa shape index (κ2) is 12.2. The first-order chi connectivity index (χ1) is 15.9. The van der Waals surface area contributed by atoms with Crippen LogP contribution in [0.5, 0.6) is 0 Å². The number of carbonyl (C=O) groups excluding carboxylic acids is 1. The quantitative estimate of drug-likeness (QED) is 0.302. The third-order valence-electron chi connectivity index (χ3n) is 7.03. The molecule has 3 unspecified atom stereocenters. The molecular formula is C28H42O5S. The van der Waals surface area contributed by atoms with Gasteiger partial charge >= 0.3 is 5.97 Å². The van der Waals surface area contributed by atoms with Crippen molar-refractivity contribution in [3.05, 3.63) is 53.1 Å². The Labute approximate surface area is 206 Å². The van der Waals surface area contributed by atoms with Crippen LogP contribution in [0.25, 0.3) is 0 Å². The Morgan fingerprint density at radius 2 is 1.82 bits per heavy atom. The molecule has 0 aromatic heterocycles. The molecule has 190 valence electrons. The van der Waals surface area contributed by atoms with Crippen LogP contribution < -0.4 is 0 Å². The maximum Gasteiger partial charge on any atom is 0.302 e. The fourth-order valence-electron chi connectivity index (χ4n) is 5.01. The number of rotatable bonds is 11. The molecule has 1 aliphatic rings. The van der Waals surface area contributed by atoms with Gasteiger partial charge in [0.1, 0.15) is 5.25 Å². The van der Waals surface area contributed by atoms with Gasteiger partial charge in [-0.1, -0.05) is 50.6 Å². The smallest absolute Gasteiger partial charge is 0.302 e. The Bertz CT molecular complexity index is 989. The van der Waals surface area contributed by atoms with Gasteiger partial charge in [0.2, 0.25) is 0 Å². The zero-order valence-corrected chi connectivity index (χ0v) is 22.5. The number of benzene rings is 1. The van der Waals surface area contributed by atoms with Crippen molar-refractivity contribution in [3.63, 3.8) is 0 Å². The Morgan fingerprint density at radius 3 is 2.41 bits per heavy atom. The first kappa shape index (κ1) is 28.3. The summed E-state index contributed by atoms with van der Waals surface area (Å²) in [5.41, 5.74) is 2.31. The van der Waals surface area contributed by atoms with Crippen LogP contribution in [0.3, 0.4) is 0 Å². The minimum absolute atomic E-state index is 0.243. The van der Waals surface area contributed by atoms with Crippen LogP contribution in [0.1, 0.15) is 80.1 Å². The Balaban J connectivity index is 2.32. The van der Waals surface area contributed by atoms with E-state index in [0.717, 1.165) is 49.7 Å². The summed E-state index contributed by atoms with van der Waals surface area (Å²) < 4.78 is 32.8. The van der Waals surface area contributed by atoms with E-state index in [-0.39, 0.29) is 16.3 Å². The standard InChI is InChI=1S/C28H42O5S/c1-20(17-19-33-23(4)29)12-10-13-22(3)26(30)27(25-21(2)14-11-18-28(25,5)6)34(31,32)24-15-8-7-9-16-24/h7-9,13,15-16,20,26-27,30H,10-12,14,17-19H2,1-6H3/b22-13+. The highest BCUT2D eigenvalue weighted by Crippen LogP contribution is 2.46. The lowest BCUT2D eigenvalue weighted by molar-refractivity contribution is -0.141. The van der Waals surface area contributed by atoms with Crippen LogP contribution in [-0.2, 0) is 19.4 Å². The van der Waals surface area contributed by atoms with Crippen LogP contribution in [0, 0.1) is 11.3 Å². The summed E-state index contributed by atoms with van der Waals surface area (Å²) in [6.45, 7) is 11.9. The molecule has 0 aliphatic heterocycles. The molecule has 0 heterocycles. The fourth-order valence-corrected chi connectivity index (χ4v) is 7.23. The van der Waals surface area contributed by atoms with Gasteiger partial charge in [0.15, 0.2) is 9.84 Å². The van der Waals surface area contributed by atoms with Crippen molar-refractivity contribution >= 4 is 15.8 Å². The normalized spacial score (nSPS) is 19.4. The van der Waals surface area contributed by atoms with Gasteiger partial charge in [-0.05, 0) is 87.0 Å². The molecule has 0 bridgehead atoms. The van der Waals surface area contributed by atoms with Crippen molar-refractivity contribution in [2.75, 3.05) is 6.61 Å². The number of sulfone groups is 1. The van der Waals surface area contributed by atoms with E-state index in [4.69, 9.17) is 4.74 Å². The van der Waals surface area contributed by atoms with Crippen LogP contribution in [0.2, 0.25) is 0 Å². The molecule has 1 aromatic carbocycles. The van der Waals surface area contributed by atoms with E-state index in [0.29, 0.717) is 18.1 Å². The summed E-state index contributed by atoms with van der Waals surface area (Å²) in [6.07, 6.45) is 6.00. The molecule has 0 radical (unpaired) electrons. The van der Waals surface area contributed by atoms with Crippen LogP contribution in [-0.4, -0.2) is 37.5 Å². The monoisotopic (exact) mass is 490 g/mol. The topological polar surface area (TPSA) is 80.7 Å². The lowest BCUT2D eigenvalue weighted by Crippen LogP contribution is -2.42. The molecule has 34 heavy (non-hydrogen) atoms. The molecule has 3 atom stereocenters. The van der Waals surface area contributed by atoms with E-state index in [1.165, 1.54) is 6.92 Å². The number of ether oxygens (including phenoxy) is 1. The highest BCUT2D eigenvalue weighted by atomic mass is 32.2.